The third-order valence-electron chi connectivity index (χ3n) is 6.07. The van der Waals surface area contributed by atoms with Crippen LogP contribution in [-0.4, -0.2) is 21.3 Å². The third-order valence-corrected chi connectivity index (χ3v) is 6.07. The van der Waals surface area contributed by atoms with Crippen LogP contribution in [0.25, 0.3) is 0 Å². The fourth-order valence-corrected chi connectivity index (χ4v) is 4.03. The minimum Gasteiger partial charge on any atom is -0.497 e. The lowest BCUT2D eigenvalue weighted by Crippen LogP contribution is -1.95. The Morgan fingerprint density at radius 2 is 0.971 bits per heavy atom. The molecular weight excluding hydrogens is 436 g/mol. The van der Waals surface area contributed by atoms with E-state index in [1.807, 2.05) is 42.5 Å². The van der Waals surface area contributed by atoms with E-state index < -0.39 is 0 Å². The van der Waals surface area contributed by atoms with Gasteiger partial charge in [-0.15, -0.1) is 0 Å². The first-order valence-corrected chi connectivity index (χ1v) is 11.9. The van der Waals surface area contributed by atoms with Crippen LogP contribution in [0, 0.1) is 0 Å². The van der Waals surface area contributed by atoms with Gasteiger partial charge in [-0.1, -0.05) is 42.5 Å². The molecule has 0 N–H and O–H groups in total. The monoisotopic (exact) mass is 468 g/mol. The smallest absolute Gasteiger partial charge is 0.160 e. The lowest BCUT2D eigenvalue weighted by molar-refractivity contribution is 0.354. The number of rotatable bonds is 11. The van der Waals surface area contributed by atoms with E-state index in [0.29, 0.717) is 0 Å². The van der Waals surface area contributed by atoms with Crippen LogP contribution in [0.3, 0.4) is 0 Å². The molecule has 0 aliphatic heterocycles. The van der Waals surface area contributed by atoms with Gasteiger partial charge in [-0.2, -0.15) is 0 Å². The van der Waals surface area contributed by atoms with E-state index >= 15 is 0 Å². The number of ether oxygens (including phenoxy) is 4. The van der Waals surface area contributed by atoms with Crippen LogP contribution in [0.2, 0.25) is 0 Å². The van der Waals surface area contributed by atoms with E-state index in [9.17, 15) is 0 Å². The predicted molar refractivity (Wildman–Crippen MR) is 140 cm³/mol. The number of methoxy groups -OCH3 is 3. The summed E-state index contributed by atoms with van der Waals surface area (Å²) in [5, 5.41) is 0. The van der Waals surface area contributed by atoms with Crippen molar-refractivity contribution in [2.24, 2.45) is 0 Å². The van der Waals surface area contributed by atoms with Crippen LogP contribution in [-0.2, 0) is 25.7 Å². The average Bonchev–Trinajstić information content (AvgIpc) is 2.92. The molecule has 180 valence electrons. The fraction of sp³-hybridized carbons (Fsp3) is 0.226. The Hall–Kier alpha value is -3.92. The molecule has 0 unspecified atom stereocenters. The second-order valence-corrected chi connectivity index (χ2v) is 8.43. The lowest BCUT2D eigenvalue weighted by atomic mass is 10.0. The minimum atomic E-state index is 0.752. The van der Waals surface area contributed by atoms with E-state index in [2.05, 4.69) is 48.5 Å². The molecule has 4 aromatic carbocycles. The van der Waals surface area contributed by atoms with Gasteiger partial charge in [-0.25, -0.2) is 0 Å². The molecule has 0 saturated heterocycles. The van der Waals surface area contributed by atoms with E-state index in [1.54, 1.807) is 21.3 Å². The average molecular weight is 469 g/mol. The first-order chi connectivity index (χ1) is 17.2. The summed E-state index contributed by atoms with van der Waals surface area (Å²) in [6.45, 7) is 0. The summed E-state index contributed by atoms with van der Waals surface area (Å²) >= 11 is 0. The van der Waals surface area contributed by atoms with Crippen molar-refractivity contribution in [2.75, 3.05) is 21.3 Å². The second-order valence-electron chi connectivity index (χ2n) is 8.43. The second kappa shape index (κ2) is 12.0. The minimum absolute atomic E-state index is 0.752. The van der Waals surface area contributed by atoms with E-state index in [0.717, 1.165) is 54.4 Å². The summed E-state index contributed by atoms with van der Waals surface area (Å²) in [4.78, 5) is 0. The number of aryl methyl sites for hydroxylation is 4. The molecule has 0 heterocycles. The normalized spacial score (nSPS) is 10.6. The Bertz CT molecular complexity index is 1210. The molecule has 4 aromatic rings. The summed E-state index contributed by atoms with van der Waals surface area (Å²) in [6, 6.07) is 31.0. The largest absolute Gasteiger partial charge is 0.497 e. The zero-order chi connectivity index (χ0) is 24.5. The first kappa shape index (κ1) is 24.2. The molecule has 4 rings (SSSR count). The molecule has 0 aliphatic carbocycles. The van der Waals surface area contributed by atoms with Gasteiger partial charge in [0.1, 0.15) is 17.2 Å². The molecule has 0 fully saturated rings. The highest BCUT2D eigenvalue weighted by atomic mass is 16.5. The highest BCUT2D eigenvalue weighted by Crippen LogP contribution is 2.28. The molecule has 0 bridgehead atoms. The van der Waals surface area contributed by atoms with Gasteiger partial charge in [0, 0.05) is 0 Å². The summed E-state index contributed by atoms with van der Waals surface area (Å²) in [5.41, 5.74) is 5.03. The number of hydrogen-bond donors (Lipinski definition) is 0. The Labute approximate surface area is 208 Å². The first-order valence-electron chi connectivity index (χ1n) is 11.9. The maximum absolute atomic E-state index is 6.13. The Kier molecular flexibility index (Phi) is 8.29. The highest BCUT2D eigenvalue weighted by Gasteiger charge is 2.06. The van der Waals surface area contributed by atoms with Gasteiger partial charge >= 0.3 is 0 Å². The molecule has 0 atom stereocenters. The van der Waals surface area contributed by atoms with E-state index in [4.69, 9.17) is 18.9 Å². The Balaban J connectivity index is 1.31. The molecule has 35 heavy (non-hydrogen) atoms. The van der Waals surface area contributed by atoms with Crippen LogP contribution in [0.15, 0.2) is 91.0 Å². The SMILES string of the molecule is COc1ccc(CCc2cccc(Oc3ccc(CCc4ccc(OC)c(OC)c4)cc3)c2)cc1. The highest BCUT2D eigenvalue weighted by molar-refractivity contribution is 5.43. The van der Waals surface area contributed by atoms with Crippen molar-refractivity contribution in [3.05, 3.63) is 113 Å². The summed E-state index contributed by atoms with van der Waals surface area (Å²) < 4.78 is 22.1. The zero-order valence-corrected chi connectivity index (χ0v) is 20.6. The van der Waals surface area contributed by atoms with Gasteiger partial charge in [0.25, 0.3) is 0 Å². The van der Waals surface area contributed by atoms with Gasteiger partial charge in [0.15, 0.2) is 11.5 Å². The molecule has 0 aromatic heterocycles. The zero-order valence-electron chi connectivity index (χ0n) is 20.6. The van der Waals surface area contributed by atoms with Gasteiger partial charge in [-0.3, -0.25) is 0 Å². The van der Waals surface area contributed by atoms with Crippen molar-refractivity contribution in [1.82, 2.24) is 0 Å². The van der Waals surface area contributed by atoms with Crippen molar-refractivity contribution in [2.45, 2.75) is 25.7 Å². The molecular formula is C31H32O4. The fourth-order valence-electron chi connectivity index (χ4n) is 4.03. The van der Waals surface area contributed by atoms with Gasteiger partial charge < -0.3 is 18.9 Å². The molecule has 0 spiro atoms. The van der Waals surface area contributed by atoms with Crippen molar-refractivity contribution >= 4 is 0 Å². The van der Waals surface area contributed by atoms with Crippen molar-refractivity contribution < 1.29 is 18.9 Å². The van der Waals surface area contributed by atoms with Crippen LogP contribution >= 0.6 is 0 Å². The predicted octanol–water partition coefficient (Wildman–Crippen LogP) is 7.08. The maximum Gasteiger partial charge on any atom is 0.160 e. The van der Waals surface area contributed by atoms with Crippen LogP contribution < -0.4 is 18.9 Å². The Morgan fingerprint density at radius 1 is 0.429 bits per heavy atom. The maximum atomic E-state index is 6.13. The van der Waals surface area contributed by atoms with Gasteiger partial charge in [-0.05, 0) is 96.5 Å². The lowest BCUT2D eigenvalue weighted by Gasteiger charge is -2.10. The molecule has 0 amide bonds. The van der Waals surface area contributed by atoms with E-state index in [1.165, 1.54) is 22.3 Å². The summed E-state index contributed by atoms with van der Waals surface area (Å²) in [6.07, 6.45) is 3.80. The molecule has 0 radical (unpaired) electrons. The molecule has 4 heteroatoms. The summed E-state index contributed by atoms with van der Waals surface area (Å²) in [7, 11) is 5.01. The number of benzene rings is 4. The van der Waals surface area contributed by atoms with Gasteiger partial charge in [0.05, 0.1) is 21.3 Å². The topological polar surface area (TPSA) is 36.9 Å². The standard InChI is InChI=1S/C31H32O4/c1-32-27-16-11-23(12-17-27)7-9-25-5-4-6-29(21-25)35-28-18-13-24(14-19-28)8-10-26-15-20-30(33-2)31(22-26)34-3/h4-6,11-22H,7-10H2,1-3H3. The molecule has 4 nitrogen and oxygen atoms in total. The van der Waals surface area contributed by atoms with Gasteiger partial charge in [0.2, 0.25) is 0 Å². The molecule has 0 saturated carbocycles. The Morgan fingerprint density at radius 3 is 1.57 bits per heavy atom. The van der Waals surface area contributed by atoms with Crippen LogP contribution in [0.1, 0.15) is 22.3 Å². The molecule has 0 aliphatic rings. The van der Waals surface area contributed by atoms with Crippen molar-refractivity contribution in [1.29, 1.82) is 0 Å². The summed E-state index contributed by atoms with van der Waals surface area (Å²) in [5.74, 6) is 4.10. The van der Waals surface area contributed by atoms with Crippen molar-refractivity contribution in [3.8, 4) is 28.7 Å². The van der Waals surface area contributed by atoms with E-state index in [-0.39, 0.29) is 0 Å². The van der Waals surface area contributed by atoms with Crippen LogP contribution in [0.4, 0.5) is 0 Å². The van der Waals surface area contributed by atoms with Crippen molar-refractivity contribution in [3.63, 3.8) is 0 Å². The van der Waals surface area contributed by atoms with Crippen LogP contribution in [0.5, 0.6) is 28.7 Å². The number of hydrogen-bond acceptors (Lipinski definition) is 4. The quantitative estimate of drug-likeness (QED) is 0.236. The third kappa shape index (κ3) is 6.80.